The molecule has 0 heterocycles. The van der Waals surface area contributed by atoms with Gasteiger partial charge in [-0.3, -0.25) is 4.79 Å². The van der Waals surface area contributed by atoms with Gasteiger partial charge in [0.2, 0.25) is 0 Å². The monoisotopic (exact) mass is 149 g/mol. The lowest BCUT2D eigenvalue weighted by Gasteiger charge is -2.22. The number of carbonyl (C=O) groups excluding carboxylic acids is 1. The summed E-state index contributed by atoms with van der Waals surface area (Å²) >= 11 is 1.34. The van der Waals surface area contributed by atoms with Gasteiger partial charge in [0, 0.05) is 5.75 Å². The van der Waals surface area contributed by atoms with Crippen LogP contribution in [-0.2, 0) is 4.79 Å². The highest BCUT2D eigenvalue weighted by molar-refractivity contribution is 8.11. The number of nitrogens with zero attached hydrogens (tertiary/aromatic N) is 1. The van der Waals surface area contributed by atoms with Crippen LogP contribution in [0.5, 0.6) is 0 Å². The molecule has 0 fully saturated rings. The minimum atomic E-state index is 0.898. The van der Waals surface area contributed by atoms with Crippen molar-refractivity contribution in [3.05, 3.63) is 0 Å². The number of carbonyl (C=O) groups is 1. The zero-order chi connectivity index (χ0) is 7.33. The van der Waals surface area contributed by atoms with E-state index in [-0.39, 0.29) is 0 Å². The SMILES string of the molecule is C[N+](C)(C)CCS[13CH]=O. The fourth-order valence-electron chi connectivity index (χ4n) is 0.375. The van der Waals surface area contributed by atoms with Crippen LogP contribution in [0.4, 0.5) is 0 Å². The molecule has 2 nitrogen and oxygen atoms in total. The first-order valence-corrected chi connectivity index (χ1v) is 3.97. The number of hydrogen-bond donors (Lipinski definition) is 0. The highest BCUT2D eigenvalue weighted by atomic mass is 32.2. The number of thioether (sulfide) groups is 1. The molecule has 0 aromatic rings. The topological polar surface area (TPSA) is 17.1 Å². The predicted molar refractivity (Wildman–Crippen MR) is 42.1 cm³/mol. The van der Waals surface area contributed by atoms with E-state index in [0.717, 1.165) is 22.4 Å². The van der Waals surface area contributed by atoms with E-state index in [1.807, 2.05) is 0 Å². The zero-order valence-electron chi connectivity index (χ0n) is 6.26. The molecule has 0 aromatic heterocycles. The number of hydrogen-bond acceptors (Lipinski definition) is 2. The lowest BCUT2D eigenvalue weighted by molar-refractivity contribution is -0.867. The van der Waals surface area contributed by atoms with Crippen LogP contribution in [-0.4, -0.2) is 43.5 Å². The average Bonchev–Trinajstić information content (AvgIpc) is 1.63. The lowest BCUT2D eigenvalue weighted by Crippen LogP contribution is -2.36. The summed E-state index contributed by atoms with van der Waals surface area (Å²) in [6.45, 7) is 1.05. The summed E-state index contributed by atoms with van der Waals surface area (Å²) in [4.78, 5) is 9.85. The van der Waals surface area contributed by atoms with E-state index >= 15 is 0 Å². The van der Waals surface area contributed by atoms with Gasteiger partial charge in [-0.05, 0) is 0 Å². The normalized spacial score (nSPS) is 11.4. The van der Waals surface area contributed by atoms with Crippen molar-refractivity contribution in [1.82, 2.24) is 0 Å². The highest BCUT2D eigenvalue weighted by Crippen LogP contribution is 1.97. The quantitative estimate of drug-likeness (QED) is 0.252. The highest BCUT2D eigenvalue weighted by Gasteiger charge is 2.04. The number of rotatable bonds is 4. The van der Waals surface area contributed by atoms with Crippen LogP contribution in [0, 0.1) is 0 Å². The van der Waals surface area contributed by atoms with Crippen molar-refractivity contribution in [3.63, 3.8) is 0 Å². The van der Waals surface area contributed by atoms with Crippen molar-refractivity contribution in [2.24, 2.45) is 0 Å². The maximum Gasteiger partial charge on any atom is 0.176 e. The van der Waals surface area contributed by atoms with Crippen molar-refractivity contribution < 1.29 is 9.28 Å². The van der Waals surface area contributed by atoms with Crippen LogP contribution >= 0.6 is 11.8 Å². The van der Waals surface area contributed by atoms with Gasteiger partial charge >= 0.3 is 0 Å². The van der Waals surface area contributed by atoms with Gasteiger partial charge in [0.1, 0.15) is 0 Å². The maximum atomic E-state index is 9.85. The Balaban J connectivity index is 3.17. The standard InChI is InChI=1S/C6H14NOS/c1-7(2,3)4-5-9-6-8/h6H,4-5H2,1-3H3/q+1/i6+1. The molecule has 0 saturated carbocycles. The Bertz CT molecular complexity index is 87.5. The Morgan fingerprint density at radius 1 is 1.44 bits per heavy atom. The van der Waals surface area contributed by atoms with Crippen LogP contribution < -0.4 is 0 Å². The molecule has 0 amide bonds. The van der Waals surface area contributed by atoms with E-state index in [1.165, 1.54) is 11.8 Å². The van der Waals surface area contributed by atoms with E-state index in [0.29, 0.717) is 0 Å². The van der Waals surface area contributed by atoms with Crippen LogP contribution in [0.2, 0.25) is 0 Å². The lowest BCUT2D eigenvalue weighted by atomic mass is 10.6. The van der Waals surface area contributed by atoms with Gasteiger partial charge in [-0.1, -0.05) is 11.8 Å². The summed E-state index contributed by atoms with van der Waals surface area (Å²) in [5.74, 6) is 0.924. The second-order valence-electron chi connectivity index (χ2n) is 2.98. The first-order chi connectivity index (χ1) is 4.06. The summed E-state index contributed by atoms with van der Waals surface area (Å²) in [6.07, 6.45) is 0. The Labute approximate surface area is 60.8 Å². The van der Waals surface area contributed by atoms with Crippen LogP contribution in [0.25, 0.3) is 0 Å². The van der Waals surface area contributed by atoms with Crippen molar-refractivity contribution in [2.45, 2.75) is 0 Å². The molecule has 3 heteroatoms. The number of quaternary nitrogens is 1. The first-order valence-electron chi connectivity index (χ1n) is 2.92. The van der Waals surface area contributed by atoms with Crippen molar-refractivity contribution in [3.8, 4) is 0 Å². The third-order valence-electron chi connectivity index (χ3n) is 0.948. The summed E-state index contributed by atoms with van der Waals surface area (Å²) < 4.78 is 0.931. The van der Waals surface area contributed by atoms with Gasteiger partial charge < -0.3 is 4.48 Å². The van der Waals surface area contributed by atoms with E-state index in [4.69, 9.17) is 0 Å². The molecule has 0 aliphatic rings. The Hall–Kier alpha value is -0.0200. The summed E-state index contributed by atoms with van der Waals surface area (Å²) in [6, 6.07) is 0. The molecule has 0 aliphatic heterocycles. The van der Waals surface area contributed by atoms with E-state index in [9.17, 15) is 4.79 Å². The summed E-state index contributed by atoms with van der Waals surface area (Å²) in [5.41, 5.74) is 0.898. The predicted octanol–water partition coefficient (Wildman–Crippen LogP) is 0.616. The summed E-state index contributed by atoms with van der Waals surface area (Å²) in [7, 11) is 6.35. The fraction of sp³-hybridized carbons (Fsp3) is 0.833. The molecule has 9 heavy (non-hydrogen) atoms. The zero-order valence-corrected chi connectivity index (χ0v) is 7.07. The van der Waals surface area contributed by atoms with Gasteiger partial charge in [-0.25, -0.2) is 0 Å². The molecule has 0 bridgehead atoms. The molecular weight excluding hydrogens is 135 g/mol. The molecule has 54 valence electrons. The van der Waals surface area contributed by atoms with Crippen molar-refractivity contribution in [1.29, 1.82) is 0 Å². The Morgan fingerprint density at radius 3 is 2.33 bits per heavy atom. The van der Waals surface area contributed by atoms with Crippen molar-refractivity contribution in [2.75, 3.05) is 33.4 Å². The van der Waals surface area contributed by atoms with Gasteiger partial charge in [0.25, 0.3) is 0 Å². The molecule has 0 aliphatic carbocycles. The van der Waals surface area contributed by atoms with Crippen molar-refractivity contribution >= 4 is 17.4 Å². The molecule has 0 unspecified atom stereocenters. The molecular formula is C6H14NOS+. The Morgan fingerprint density at radius 2 is 2.00 bits per heavy atom. The minimum Gasteiger partial charge on any atom is -0.330 e. The molecule has 0 spiro atoms. The van der Waals surface area contributed by atoms with E-state index in [1.54, 1.807) is 0 Å². The second-order valence-corrected chi connectivity index (χ2v) is 3.91. The molecule has 0 N–H and O–H groups in total. The molecule has 0 aromatic carbocycles. The third kappa shape index (κ3) is 7.98. The third-order valence-corrected chi connectivity index (χ3v) is 1.50. The molecule has 0 atom stereocenters. The van der Waals surface area contributed by atoms with Crippen LogP contribution in [0.3, 0.4) is 0 Å². The maximum absolute atomic E-state index is 9.85. The van der Waals surface area contributed by atoms with Gasteiger partial charge in [-0.2, -0.15) is 0 Å². The van der Waals surface area contributed by atoms with Gasteiger partial charge in [0.05, 0.1) is 27.7 Å². The molecule has 0 radical (unpaired) electrons. The first kappa shape index (κ1) is 8.98. The van der Waals surface area contributed by atoms with Crippen LogP contribution in [0.1, 0.15) is 0 Å². The van der Waals surface area contributed by atoms with Crippen LogP contribution in [0.15, 0.2) is 0 Å². The second kappa shape index (κ2) is 3.90. The fourth-order valence-corrected chi connectivity index (χ4v) is 1.12. The van der Waals surface area contributed by atoms with E-state index < -0.39 is 0 Å². The van der Waals surface area contributed by atoms with E-state index in [2.05, 4.69) is 21.1 Å². The molecule has 0 saturated heterocycles. The average molecular weight is 149 g/mol. The minimum absolute atomic E-state index is 0.898. The summed E-state index contributed by atoms with van der Waals surface area (Å²) in [5, 5.41) is 0. The largest absolute Gasteiger partial charge is 0.330 e. The smallest absolute Gasteiger partial charge is 0.176 e. The Kier molecular flexibility index (Phi) is 3.89. The van der Waals surface area contributed by atoms with Gasteiger partial charge in [0.15, 0.2) is 5.62 Å². The van der Waals surface area contributed by atoms with Gasteiger partial charge in [-0.15, -0.1) is 0 Å². The molecule has 0 rings (SSSR count).